The molecule has 4 nitrogen and oxygen atoms in total. The van der Waals surface area contributed by atoms with Crippen LogP contribution in [0, 0.1) is 0 Å². The Morgan fingerprint density at radius 2 is 1.96 bits per heavy atom. The highest BCUT2D eigenvalue weighted by atomic mass is 79.9. The predicted octanol–water partition coefficient (Wildman–Crippen LogP) is 4.75. The Kier molecular flexibility index (Phi) is 5.31. The van der Waals surface area contributed by atoms with Gasteiger partial charge in [-0.05, 0) is 42.3 Å². The molecule has 126 valence electrons. The van der Waals surface area contributed by atoms with Crippen LogP contribution in [0.5, 0.6) is 11.5 Å². The number of benzene rings is 2. The minimum Gasteiger partial charge on any atom is -0.486 e. The predicted molar refractivity (Wildman–Crippen MR) is 97.1 cm³/mol. The van der Waals surface area contributed by atoms with Gasteiger partial charge >= 0.3 is 0 Å². The molecule has 1 aliphatic heterocycles. The Bertz CT molecular complexity index is 766. The van der Waals surface area contributed by atoms with E-state index in [2.05, 4.69) is 21.2 Å². The Morgan fingerprint density at radius 1 is 1.21 bits per heavy atom. The van der Waals surface area contributed by atoms with Gasteiger partial charge in [-0.25, -0.2) is 0 Å². The molecule has 1 N–H and O–H groups in total. The monoisotopic (exact) mass is 409 g/mol. The van der Waals surface area contributed by atoms with Crippen LogP contribution in [0.4, 0.5) is 0 Å². The lowest BCUT2D eigenvalue weighted by molar-refractivity contribution is 0.0935. The average molecular weight is 411 g/mol. The van der Waals surface area contributed by atoms with Crippen molar-refractivity contribution in [1.29, 1.82) is 0 Å². The molecule has 0 aliphatic carbocycles. The first-order chi connectivity index (χ1) is 11.6. The van der Waals surface area contributed by atoms with Crippen LogP contribution in [0.15, 0.2) is 40.9 Å². The second-order valence-electron chi connectivity index (χ2n) is 5.46. The number of nitrogens with one attached hydrogen (secondary N) is 1. The lowest BCUT2D eigenvalue weighted by Crippen LogP contribution is -2.28. The zero-order valence-electron chi connectivity index (χ0n) is 13.1. The van der Waals surface area contributed by atoms with Crippen molar-refractivity contribution in [3.05, 3.63) is 57.0 Å². The van der Waals surface area contributed by atoms with E-state index in [9.17, 15) is 4.79 Å². The van der Waals surface area contributed by atoms with Crippen molar-refractivity contribution in [3.8, 4) is 11.5 Å². The Hall–Kier alpha value is -1.72. The molecule has 2 aromatic rings. The van der Waals surface area contributed by atoms with Crippen LogP contribution in [0.25, 0.3) is 0 Å². The smallest absolute Gasteiger partial charge is 0.253 e. The zero-order valence-corrected chi connectivity index (χ0v) is 15.5. The largest absolute Gasteiger partial charge is 0.486 e. The number of amides is 1. The Labute approximate surface area is 154 Å². The van der Waals surface area contributed by atoms with Gasteiger partial charge in [-0.15, -0.1) is 0 Å². The number of ether oxygens (including phenoxy) is 2. The molecule has 6 heteroatoms. The van der Waals surface area contributed by atoms with Gasteiger partial charge in [0, 0.05) is 4.47 Å². The highest BCUT2D eigenvalue weighted by molar-refractivity contribution is 9.10. The Morgan fingerprint density at radius 3 is 2.71 bits per heavy atom. The van der Waals surface area contributed by atoms with E-state index in [1.54, 1.807) is 18.2 Å². The summed E-state index contributed by atoms with van der Waals surface area (Å²) in [6.45, 7) is 3.11. The fourth-order valence-corrected chi connectivity index (χ4v) is 3.17. The number of hydrogen-bond acceptors (Lipinski definition) is 3. The maximum atomic E-state index is 12.6. The molecular weight excluding hydrogens is 394 g/mol. The molecule has 0 saturated carbocycles. The summed E-state index contributed by atoms with van der Waals surface area (Å²) in [6, 6.07) is 10.8. The average Bonchev–Trinajstić information content (AvgIpc) is 2.61. The molecule has 1 aliphatic rings. The molecule has 0 spiro atoms. The van der Waals surface area contributed by atoms with E-state index < -0.39 is 0 Å². The third kappa shape index (κ3) is 3.68. The highest BCUT2D eigenvalue weighted by Gasteiger charge is 2.19. The van der Waals surface area contributed by atoms with Crippen molar-refractivity contribution in [3.63, 3.8) is 0 Å². The van der Waals surface area contributed by atoms with Crippen molar-refractivity contribution >= 4 is 33.4 Å². The first-order valence-electron chi connectivity index (χ1n) is 7.74. The van der Waals surface area contributed by atoms with Gasteiger partial charge in [0.1, 0.15) is 13.2 Å². The lowest BCUT2D eigenvalue weighted by atomic mass is 10.0. The number of fused-ring (bicyclic) bond motifs is 1. The zero-order chi connectivity index (χ0) is 17.1. The quantitative estimate of drug-likeness (QED) is 0.791. The van der Waals surface area contributed by atoms with Crippen LogP contribution in [0.2, 0.25) is 5.02 Å². The van der Waals surface area contributed by atoms with E-state index in [0.29, 0.717) is 29.5 Å². The maximum absolute atomic E-state index is 12.6. The standard InChI is InChI=1S/C18H17BrClNO3/c1-2-15(11-3-6-16-17(9-11)24-8-7-23-16)21-18(22)13-10-12(19)4-5-14(13)20/h3-6,9-10,15H,2,7-8H2,1H3,(H,21,22). The molecule has 1 unspecified atom stereocenters. The van der Waals surface area contributed by atoms with Gasteiger partial charge in [0.15, 0.2) is 11.5 Å². The SMILES string of the molecule is CCC(NC(=O)c1cc(Br)ccc1Cl)c1ccc2c(c1)OCCO2. The Balaban J connectivity index is 1.81. The van der Waals surface area contributed by atoms with Crippen molar-refractivity contribution in [1.82, 2.24) is 5.32 Å². The third-order valence-electron chi connectivity index (χ3n) is 3.86. The maximum Gasteiger partial charge on any atom is 0.253 e. The summed E-state index contributed by atoms with van der Waals surface area (Å²) in [6.07, 6.45) is 0.747. The molecule has 0 bridgehead atoms. The summed E-state index contributed by atoms with van der Waals surface area (Å²) in [5.74, 6) is 1.25. The molecule has 2 aromatic carbocycles. The molecule has 1 heterocycles. The molecule has 0 radical (unpaired) electrons. The van der Waals surface area contributed by atoms with Crippen LogP contribution < -0.4 is 14.8 Å². The van der Waals surface area contributed by atoms with Gasteiger partial charge in [-0.1, -0.05) is 40.5 Å². The van der Waals surface area contributed by atoms with Crippen LogP contribution in [0.3, 0.4) is 0 Å². The summed E-state index contributed by atoms with van der Waals surface area (Å²) >= 11 is 9.51. The first kappa shape index (κ1) is 17.1. The van der Waals surface area contributed by atoms with Crippen molar-refractivity contribution in [2.75, 3.05) is 13.2 Å². The van der Waals surface area contributed by atoms with E-state index in [-0.39, 0.29) is 11.9 Å². The number of rotatable bonds is 4. The number of carbonyl (C=O) groups is 1. The van der Waals surface area contributed by atoms with Gasteiger partial charge in [0.25, 0.3) is 5.91 Å². The summed E-state index contributed by atoms with van der Waals surface area (Å²) in [5.41, 5.74) is 1.42. The van der Waals surface area contributed by atoms with Crippen LogP contribution in [-0.2, 0) is 0 Å². The van der Waals surface area contributed by atoms with Gasteiger partial charge in [-0.3, -0.25) is 4.79 Å². The molecule has 3 rings (SSSR count). The lowest BCUT2D eigenvalue weighted by Gasteiger charge is -2.22. The van der Waals surface area contributed by atoms with E-state index in [4.69, 9.17) is 21.1 Å². The summed E-state index contributed by atoms with van der Waals surface area (Å²) in [4.78, 5) is 12.6. The molecule has 1 amide bonds. The molecule has 1 atom stereocenters. The topological polar surface area (TPSA) is 47.6 Å². The van der Waals surface area contributed by atoms with E-state index in [0.717, 1.165) is 22.2 Å². The van der Waals surface area contributed by atoms with Gasteiger partial charge in [0.2, 0.25) is 0 Å². The summed E-state index contributed by atoms with van der Waals surface area (Å²) < 4.78 is 12.0. The normalized spacial score (nSPS) is 14.1. The van der Waals surface area contributed by atoms with Crippen molar-refractivity contribution < 1.29 is 14.3 Å². The minimum absolute atomic E-state index is 0.136. The number of hydrogen-bond donors (Lipinski definition) is 1. The van der Waals surface area contributed by atoms with Gasteiger partial charge < -0.3 is 14.8 Å². The van der Waals surface area contributed by atoms with Crippen LogP contribution in [0.1, 0.15) is 35.3 Å². The summed E-state index contributed by atoms with van der Waals surface area (Å²) in [5, 5.41) is 3.46. The van der Waals surface area contributed by atoms with Crippen LogP contribution in [-0.4, -0.2) is 19.1 Å². The molecule has 0 aromatic heterocycles. The molecular formula is C18H17BrClNO3. The molecule has 0 saturated heterocycles. The first-order valence-corrected chi connectivity index (χ1v) is 8.91. The van der Waals surface area contributed by atoms with Crippen LogP contribution >= 0.6 is 27.5 Å². The summed E-state index contributed by atoms with van der Waals surface area (Å²) in [7, 11) is 0. The van der Waals surface area contributed by atoms with Gasteiger partial charge in [-0.2, -0.15) is 0 Å². The minimum atomic E-state index is -0.206. The van der Waals surface area contributed by atoms with E-state index in [1.807, 2.05) is 25.1 Å². The number of halogens is 2. The van der Waals surface area contributed by atoms with Gasteiger partial charge in [0.05, 0.1) is 16.6 Å². The fraction of sp³-hybridized carbons (Fsp3) is 0.278. The van der Waals surface area contributed by atoms with Crippen molar-refractivity contribution in [2.45, 2.75) is 19.4 Å². The fourth-order valence-electron chi connectivity index (χ4n) is 2.61. The highest BCUT2D eigenvalue weighted by Crippen LogP contribution is 2.33. The van der Waals surface area contributed by atoms with E-state index >= 15 is 0 Å². The second-order valence-corrected chi connectivity index (χ2v) is 6.78. The molecule has 24 heavy (non-hydrogen) atoms. The third-order valence-corrected chi connectivity index (χ3v) is 4.68. The molecule has 0 fully saturated rings. The van der Waals surface area contributed by atoms with E-state index in [1.165, 1.54) is 0 Å². The number of carbonyl (C=O) groups excluding carboxylic acids is 1. The van der Waals surface area contributed by atoms with Crippen molar-refractivity contribution in [2.24, 2.45) is 0 Å². The second kappa shape index (κ2) is 7.45.